The van der Waals surface area contributed by atoms with Crippen LogP contribution in [0.15, 0.2) is 23.1 Å². The van der Waals surface area contributed by atoms with Crippen molar-refractivity contribution >= 4 is 16.9 Å². The molecule has 0 bridgehead atoms. The number of hydrogen-bond donors (Lipinski definition) is 1. The first-order valence-electron chi connectivity index (χ1n) is 8.54. The van der Waals surface area contributed by atoms with Crippen LogP contribution in [0.1, 0.15) is 15.9 Å². The molecule has 0 saturated heterocycles. The van der Waals surface area contributed by atoms with Crippen molar-refractivity contribution < 1.29 is 14.6 Å². The second-order valence-corrected chi connectivity index (χ2v) is 6.96. The molecule has 0 atom stereocenters. The third-order valence-electron chi connectivity index (χ3n) is 4.19. The first-order valence-corrected chi connectivity index (χ1v) is 8.54. The summed E-state index contributed by atoms with van der Waals surface area (Å²) in [6.45, 7) is 4.48. The maximum atomic E-state index is 12.6. The van der Waals surface area contributed by atoms with Gasteiger partial charge in [0.15, 0.2) is 0 Å². The normalized spacial score (nSPS) is 11.5. The highest BCUT2D eigenvalue weighted by Gasteiger charge is 2.16. The van der Waals surface area contributed by atoms with Crippen LogP contribution in [0.2, 0.25) is 0 Å². The highest BCUT2D eigenvalue weighted by atomic mass is 16.5. The molecule has 0 unspecified atom stereocenters. The van der Waals surface area contributed by atoms with Crippen LogP contribution in [0, 0.1) is 6.92 Å². The fourth-order valence-corrected chi connectivity index (χ4v) is 2.66. The van der Waals surface area contributed by atoms with Gasteiger partial charge in [-0.25, -0.2) is 4.79 Å². The summed E-state index contributed by atoms with van der Waals surface area (Å²) in [7, 11) is 7.84. The van der Waals surface area contributed by atoms with Gasteiger partial charge in [0.05, 0.1) is 5.52 Å². The van der Waals surface area contributed by atoms with Gasteiger partial charge in [0.25, 0.3) is 0 Å². The van der Waals surface area contributed by atoms with Gasteiger partial charge in [-0.05, 0) is 46.7 Å². The highest BCUT2D eigenvalue weighted by Crippen LogP contribution is 2.24. The zero-order valence-corrected chi connectivity index (χ0v) is 16.1. The lowest BCUT2D eigenvalue weighted by Crippen LogP contribution is -2.23. The molecule has 1 aromatic carbocycles. The molecule has 0 spiro atoms. The van der Waals surface area contributed by atoms with Crippen LogP contribution >= 0.6 is 0 Å². The number of hydrogen-bond acceptors (Lipinski definition) is 5. The minimum atomic E-state index is -1.21. The summed E-state index contributed by atoms with van der Waals surface area (Å²) in [5, 5.41) is 9.77. The summed E-state index contributed by atoms with van der Waals surface area (Å²) >= 11 is 0. The number of carboxylic acids is 1. The van der Waals surface area contributed by atoms with Gasteiger partial charge in [0.2, 0.25) is 5.43 Å². The summed E-state index contributed by atoms with van der Waals surface area (Å²) in [5.41, 5.74) is 0.829. The Balaban J connectivity index is 2.55. The predicted octanol–water partition coefficient (Wildman–Crippen LogP) is 1.51. The number of fused-ring (bicyclic) bond motifs is 1. The standard InChI is InChI=1S/C19H27N3O4/c1-13-10-14-16(11-17(13)26-9-8-21(4)5)22(7-6-20(2)3)12-15(18(14)23)19(24)25/h10-12H,6-9H2,1-5H3,(H,24,25). The Bertz CT molecular complexity index is 856. The number of nitrogens with zero attached hydrogens (tertiary/aromatic N) is 3. The van der Waals surface area contributed by atoms with Gasteiger partial charge in [0, 0.05) is 37.3 Å². The number of carboxylic acid groups (broad SMARTS) is 1. The van der Waals surface area contributed by atoms with Gasteiger partial charge in [-0.15, -0.1) is 0 Å². The number of ether oxygens (including phenoxy) is 1. The van der Waals surface area contributed by atoms with Gasteiger partial charge < -0.3 is 24.2 Å². The van der Waals surface area contributed by atoms with Gasteiger partial charge in [-0.1, -0.05) is 0 Å². The maximum absolute atomic E-state index is 12.6. The van der Waals surface area contributed by atoms with Crippen molar-refractivity contribution in [1.29, 1.82) is 0 Å². The van der Waals surface area contributed by atoms with E-state index in [9.17, 15) is 14.7 Å². The van der Waals surface area contributed by atoms with Gasteiger partial charge in [0.1, 0.15) is 17.9 Å². The molecule has 1 aromatic heterocycles. The van der Waals surface area contributed by atoms with E-state index in [1.165, 1.54) is 6.20 Å². The summed E-state index contributed by atoms with van der Waals surface area (Å²) in [6, 6.07) is 3.56. The fraction of sp³-hybridized carbons (Fsp3) is 0.474. The zero-order chi connectivity index (χ0) is 19.4. The predicted molar refractivity (Wildman–Crippen MR) is 103 cm³/mol. The van der Waals surface area contributed by atoms with Gasteiger partial charge in [-0.3, -0.25) is 4.79 Å². The molecular formula is C19H27N3O4. The average Bonchev–Trinajstić information content (AvgIpc) is 2.54. The molecule has 7 nitrogen and oxygen atoms in total. The smallest absolute Gasteiger partial charge is 0.341 e. The molecule has 2 rings (SSSR count). The third-order valence-corrected chi connectivity index (χ3v) is 4.19. The molecule has 0 aliphatic rings. The quantitative estimate of drug-likeness (QED) is 0.768. The second-order valence-electron chi connectivity index (χ2n) is 6.96. The third kappa shape index (κ3) is 4.62. The Labute approximate surface area is 153 Å². The van der Waals surface area contributed by atoms with Crippen LogP contribution in [0.5, 0.6) is 5.75 Å². The molecule has 0 radical (unpaired) electrons. The lowest BCUT2D eigenvalue weighted by atomic mass is 10.1. The fourth-order valence-electron chi connectivity index (χ4n) is 2.66. The molecule has 142 valence electrons. The number of benzene rings is 1. The van der Waals surface area contributed by atoms with Crippen molar-refractivity contribution in [2.24, 2.45) is 0 Å². The monoisotopic (exact) mass is 361 g/mol. The van der Waals surface area contributed by atoms with Crippen molar-refractivity contribution in [3.05, 3.63) is 39.7 Å². The Kier molecular flexibility index (Phi) is 6.39. The topological polar surface area (TPSA) is 75.0 Å². The highest BCUT2D eigenvalue weighted by molar-refractivity contribution is 5.93. The van der Waals surface area contributed by atoms with E-state index in [1.54, 1.807) is 6.07 Å². The molecule has 26 heavy (non-hydrogen) atoms. The largest absolute Gasteiger partial charge is 0.492 e. The minimum absolute atomic E-state index is 0.211. The average molecular weight is 361 g/mol. The van der Waals surface area contributed by atoms with Crippen LogP contribution < -0.4 is 10.2 Å². The van der Waals surface area contributed by atoms with Crippen LogP contribution in [0.25, 0.3) is 10.9 Å². The number of likely N-dealkylation sites (N-methyl/N-ethyl adjacent to an activating group) is 2. The van der Waals surface area contributed by atoms with E-state index in [0.717, 1.165) is 18.7 Å². The summed E-state index contributed by atoms with van der Waals surface area (Å²) in [5.74, 6) is -0.500. The summed E-state index contributed by atoms with van der Waals surface area (Å²) < 4.78 is 7.69. The van der Waals surface area contributed by atoms with Crippen LogP contribution in [0.4, 0.5) is 0 Å². The van der Waals surface area contributed by atoms with Crippen LogP contribution in [0.3, 0.4) is 0 Å². The van der Waals surface area contributed by atoms with E-state index in [4.69, 9.17) is 4.74 Å². The number of aryl methyl sites for hydroxylation is 1. The first kappa shape index (κ1) is 19.9. The van der Waals surface area contributed by atoms with E-state index in [-0.39, 0.29) is 5.56 Å². The second kappa shape index (κ2) is 8.33. The van der Waals surface area contributed by atoms with Crippen LogP contribution in [-0.4, -0.2) is 73.3 Å². The number of pyridine rings is 1. The molecular weight excluding hydrogens is 334 g/mol. The van der Waals surface area contributed by atoms with Crippen molar-refractivity contribution in [1.82, 2.24) is 14.4 Å². The summed E-state index contributed by atoms with van der Waals surface area (Å²) in [4.78, 5) is 28.1. The molecule has 0 saturated carbocycles. The van der Waals surface area contributed by atoms with Crippen LogP contribution in [-0.2, 0) is 6.54 Å². The van der Waals surface area contributed by atoms with E-state index < -0.39 is 11.4 Å². The van der Waals surface area contributed by atoms with Crippen molar-refractivity contribution in [3.63, 3.8) is 0 Å². The molecule has 7 heteroatoms. The Hall–Kier alpha value is -2.38. The Morgan fingerprint density at radius 1 is 1.15 bits per heavy atom. The SMILES string of the molecule is Cc1cc2c(=O)c(C(=O)O)cn(CCN(C)C)c2cc1OCCN(C)C. The van der Waals surface area contributed by atoms with E-state index in [1.807, 2.05) is 55.5 Å². The molecule has 0 aliphatic carbocycles. The van der Waals surface area contributed by atoms with Crippen molar-refractivity contribution in [3.8, 4) is 5.75 Å². The molecule has 0 amide bonds. The van der Waals surface area contributed by atoms with Crippen molar-refractivity contribution in [2.45, 2.75) is 13.5 Å². The van der Waals surface area contributed by atoms with E-state index in [0.29, 0.717) is 29.8 Å². The lowest BCUT2D eigenvalue weighted by molar-refractivity contribution is 0.0695. The Morgan fingerprint density at radius 2 is 1.81 bits per heavy atom. The van der Waals surface area contributed by atoms with E-state index in [2.05, 4.69) is 0 Å². The molecule has 1 N–H and O–H groups in total. The van der Waals surface area contributed by atoms with E-state index >= 15 is 0 Å². The zero-order valence-electron chi connectivity index (χ0n) is 16.1. The first-order chi connectivity index (χ1) is 12.2. The molecule has 1 heterocycles. The van der Waals surface area contributed by atoms with Gasteiger partial charge in [-0.2, -0.15) is 0 Å². The number of aromatic nitrogens is 1. The number of rotatable bonds is 8. The van der Waals surface area contributed by atoms with Gasteiger partial charge >= 0.3 is 5.97 Å². The maximum Gasteiger partial charge on any atom is 0.341 e. The summed E-state index contributed by atoms with van der Waals surface area (Å²) in [6.07, 6.45) is 1.43. The Morgan fingerprint density at radius 3 is 2.38 bits per heavy atom. The number of carbonyl (C=O) groups is 1. The molecule has 0 fully saturated rings. The minimum Gasteiger partial charge on any atom is -0.492 e. The van der Waals surface area contributed by atoms with Crippen molar-refractivity contribution in [2.75, 3.05) is 47.9 Å². The molecule has 0 aliphatic heterocycles. The lowest BCUT2D eigenvalue weighted by Gasteiger charge is -2.18. The number of aromatic carboxylic acids is 1. The molecule has 2 aromatic rings.